The van der Waals surface area contributed by atoms with E-state index in [1.165, 1.54) is 0 Å². The van der Waals surface area contributed by atoms with E-state index in [1.54, 1.807) is 24.0 Å². The molecule has 1 heterocycles. The van der Waals surface area contributed by atoms with E-state index in [2.05, 4.69) is 4.98 Å². The van der Waals surface area contributed by atoms with Gasteiger partial charge in [-0.25, -0.2) is 4.98 Å². The first kappa shape index (κ1) is 9.32. The lowest BCUT2D eigenvalue weighted by atomic mass is 10.5. The van der Waals surface area contributed by atoms with Crippen molar-refractivity contribution < 1.29 is 4.39 Å². The third-order valence-corrected chi connectivity index (χ3v) is 2.37. The first-order chi connectivity index (χ1) is 5.83. The summed E-state index contributed by atoms with van der Waals surface area (Å²) in [7, 11) is 0. The van der Waals surface area contributed by atoms with Gasteiger partial charge in [0, 0.05) is 16.8 Å². The molecule has 0 aliphatic heterocycles. The Hall–Kier alpha value is -0.770. The quantitative estimate of drug-likeness (QED) is 0.578. The molecule has 0 aliphatic carbocycles. The highest BCUT2D eigenvalue weighted by atomic mass is 32.2. The fourth-order valence-corrected chi connectivity index (χ4v) is 1.50. The Balaban J connectivity index is 2.37. The topological polar surface area (TPSA) is 38.9 Å². The summed E-state index contributed by atoms with van der Waals surface area (Å²) in [5.41, 5.74) is 5.40. The van der Waals surface area contributed by atoms with Crippen LogP contribution in [0.25, 0.3) is 0 Å². The molecular formula is C8H11FN2S. The second-order valence-corrected chi connectivity index (χ2v) is 3.48. The molecule has 1 aromatic rings. The van der Waals surface area contributed by atoms with Gasteiger partial charge in [0.1, 0.15) is 5.82 Å². The van der Waals surface area contributed by atoms with Gasteiger partial charge in [0.25, 0.3) is 0 Å². The maximum Gasteiger partial charge on any atom is 0.123 e. The minimum absolute atomic E-state index is 0.255. The molecule has 2 nitrogen and oxygen atoms in total. The monoisotopic (exact) mass is 186 g/mol. The summed E-state index contributed by atoms with van der Waals surface area (Å²) < 4.78 is 11.7. The van der Waals surface area contributed by atoms with E-state index >= 15 is 0 Å². The molecular weight excluding hydrogens is 175 g/mol. The standard InChI is InChI=1S/C8H11FN2S/c9-4-1-5-12-7-2-3-8(10)11-6-7/h2-3,6H,1,4-5H2,(H2,10,11). The van der Waals surface area contributed by atoms with Crippen LogP contribution in [-0.2, 0) is 0 Å². The van der Waals surface area contributed by atoms with Gasteiger partial charge < -0.3 is 5.73 Å². The van der Waals surface area contributed by atoms with Crippen LogP contribution < -0.4 is 5.73 Å². The van der Waals surface area contributed by atoms with E-state index in [0.717, 1.165) is 10.6 Å². The van der Waals surface area contributed by atoms with Crippen LogP contribution in [0, 0.1) is 0 Å². The summed E-state index contributed by atoms with van der Waals surface area (Å²) in [6, 6.07) is 3.64. The van der Waals surface area contributed by atoms with Crippen molar-refractivity contribution >= 4 is 17.6 Å². The van der Waals surface area contributed by atoms with E-state index in [0.29, 0.717) is 12.2 Å². The van der Waals surface area contributed by atoms with Gasteiger partial charge in [0.2, 0.25) is 0 Å². The van der Waals surface area contributed by atoms with E-state index in [-0.39, 0.29) is 6.67 Å². The van der Waals surface area contributed by atoms with Crippen molar-refractivity contribution in [1.29, 1.82) is 0 Å². The molecule has 0 aromatic carbocycles. The van der Waals surface area contributed by atoms with Crippen LogP contribution in [0.5, 0.6) is 0 Å². The number of nitrogens with zero attached hydrogens (tertiary/aromatic N) is 1. The van der Waals surface area contributed by atoms with Crippen molar-refractivity contribution in [2.45, 2.75) is 11.3 Å². The summed E-state index contributed by atoms with van der Waals surface area (Å²) in [5, 5.41) is 0. The fraction of sp³-hybridized carbons (Fsp3) is 0.375. The zero-order chi connectivity index (χ0) is 8.81. The zero-order valence-corrected chi connectivity index (χ0v) is 7.48. The van der Waals surface area contributed by atoms with Crippen molar-refractivity contribution in [3.05, 3.63) is 18.3 Å². The van der Waals surface area contributed by atoms with E-state index in [4.69, 9.17) is 5.73 Å². The number of anilines is 1. The highest BCUT2D eigenvalue weighted by Gasteiger charge is 1.93. The second kappa shape index (κ2) is 4.98. The van der Waals surface area contributed by atoms with Crippen molar-refractivity contribution in [3.63, 3.8) is 0 Å². The van der Waals surface area contributed by atoms with E-state index < -0.39 is 0 Å². The third-order valence-electron chi connectivity index (χ3n) is 1.31. The number of aromatic nitrogens is 1. The van der Waals surface area contributed by atoms with E-state index in [1.807, 2.05) is 6.07 Å². The molecule has 1 rings (SSSR count). The summed E-state index contributed by atoms with van der Waals surface area (Å²) in [5.74, 6) is 1.31. The first-order valence-electron chi connectivity index (χ1n) is 3.73. The number of pyridine rings is 1. The van der Waals surface area contributed by atoms with Crippen molar-refractivity contribution in [1.82, 2.24) is 4.98 Å². The lowest BCUT2D eigenvalue weighted by Crippen LogP contribution is -1.88. The van der Waals surface area contributed by atoms with Crippen molar-refractivity contribution in [2.24, 2.45) is 0 Å². The van der Waals surface area contributed by atoms with Gasteiger partial charge >= 0.3 is 0 Å². The van der Waals surface area contributed by atoms with Gasteiger partial charge in [-0.1, -0.05) is 0 Å². The van der Waals surface area contributed by atoms with Gasteiger partial charge in [-0.15, -0.1) is 11.8 Å². The Morgan fingerprint density at radius 3 is 2.92 bits per heavy atom. The summed E-state index contributed by atoms with van der Waals surface area (Å²) >= 11 is 1.60. The van der Waals surface area contributed by atoms with E-state index in [9.17, 15) is 4.39 Å². The number of hydrogen-bond donors (Lipinski definition) is 1. The molecule has 0 aliphatic rings. The average molecular weight is 186 g/mol. The van der Waals surface area contributed by atoms with Crippen LogP contribution in [0.3, 0.4) is 0 Å². The predicted molar refractivity (Wildman–Crippen MR) is 50.0 cm³/mol. The summed E-state index contributed by atoms with van der Waals surface area (Å²) in [6.45, 7) is -0.255. The van der Waals surface area contributed by atoms with Crippen LogP contribution in [0.4, 0.5) is 10.2 Å². The molecule has 0 atom stereocenters. The Kier molecular flexibility index (Phi) is 3.87. The molecule has 0 spiro atoms. The fourth-order valence-electron chi connectivity index (χ4n) is 0.722. The number of alkyl halides is 1. The van der Waals surface area contributed by atoms with Crippen LogP contribution in [0.1, 0.15) is 6.42 Å². The minimum atomic E-state index is -0.255. The SMILES string of the molecule is Nc1ccc(SCCCF)cn1. The second-order valence-electron chi connectivity index (χ2n) is 2.31. The molecule has 2 N–H and O–H groups in total. The summed E-state index contributed by atoms with van der Waals surface area (Å²) in [4.78, 5) is 4.96. The highest BCUT2D eigenvalue weighted by molar-refractivity contribution is 7.99. The smallest absolute Gasteiger partial charge is 0.123 e. The molecule has 66 valence electrons. The van der Waals surface area contributed by atoms with Gasteiger partial charge in [-0.05, 0) is 18.6 Å². The third kappa shape index (κ3) is 3.09. The minimum Gasteiger partial charge on any atom is -0.384 e. The van der Waals surface area contributed by atoms with Crippen molar-refractivity contribution in [2.75, 3.05) is 18.2 Å². The van der Waals surface area contributed by atoms with Crippen LogP contribution in [0.2, 0.25) is 0 Å². The molecule has 0 saturated carbocycles. The molecule has 1 aromatic heterocycles. The molecule has 0 unspecified atom stereocenters. The number of thioether (sulfide) groups is 1. The zero-order valence-electron chi connectivity index (χ0n) is 6.66. The number of halogens is 1. The lowest BCUT2D eigenvalue weighted by molar-refractivity contribution is 0.489. The van der Waals surface area contributed by atoms with Crippen LogP contribution in [-0.4, -0.2) is 17.4 Å². The molecule has 0 radical (unpaired) electrons. The Morgan fingerprint density at radius 1 is 1.50 bits per heavy atom. The highest BCUT2D eigenvalue weighted by Crippen LogP contribution is 2.17. The van der Waals surface area contributed by atoms with Crippen LogP contribution in [0.15, 0.2) is 23.2 Å². The molecule has 4 heteroatoms. The number of hydrogen-bond acceptors (Lipinski definition) is 3. The Morgan fingerprint density at radius 2 is 2.33 bits per heavy atom. The van der Waals surface area contributed by atoms with Gasteiger partial charge in [-0.2, -0.15) is 0 Å². The largest absolute Gasteiger partial charge is 0.384 e. The van der Waals surface area contributed by atoms with Gasteiger partial charge in [0.05, 0.1) is 6.67 Å². The van der Waals surface area contributed by atoms with Crippen molar-refractivity contribution in [3.8, 4) is 0 Å². The van der Waals surface area contributed by atoms with Crippen LogP contribution >= 0.6 is 11.8 Å². The number of nitrogens with two attached hydrogens (primary N) is 1. The maximum absolute atomic E-state index is 11.7. The Bertz CT molecular complexity index is 225. The number of nitrogen functional groups attached to an aromatic ring is 1. The molecule has 0 fully saturated rings. The Labute approximate surface area is 75.4 Å². The molecule has 0 bridgehead atoms. The maximum atomic E-state index is 11.7. The van der Waals surface area contributed by atoms with Gasteiger partial charge in [0.15, 0.2) is 0 Å². The molecule has 0 amide bonds. The lowest BCUT2D eigenvalue weighted by Gasteiger charge is -1.98. The average Bonchev–Trinajstić information content (AvgIpc) is 2.09. The predicted octanol–water partition coefficient (Wildman–Crippen LogP) is 2.12. The summed E-state index contributed by atoms with van der Waals surface area (Å²) in [6.07, 6.45) is 2.30. The number of rotatable bonds is 4. The normalized spacial score (nSPS) is 10.1. The van der Waals surface area contributed by atoms with Gasteiger partial charge in [-0.3, -0.25) is 4.39 Å². The molecule has 12 heavy (non-hydrogen) atoms. The molecule has 0 saturated heterocycles. The first-order valence-corrected chi connectivity index (χ1v) is 4.72.